The summed E-state index contributed by atoms with van der Waals surface area (Å²) in [4.78, 5) is 0. The van der Waals surface area contributed by atoms with Gasteiger partial charge in [-0.1, -0.05) is 37.3 Å². The van der Waals surface area contributed by atoms with Gasteiger partial charge in [0, 0.05) is 1.43 Å². The van der Waals surface area contributed by atoms with Gasteiger partial charge in [-0.15, -0.1) is 0 Å². The van der Waals surface area contributed by atoms with Gasteiger partial charge in [0.2, 0.25) is 15.2 Å². The van der Waals surface area contributed by atoms with E-state index < -0.39 is 0 Å². The molecule has 0 aliphatic rings. The SMILES string of the molecule is C[CH](C)[AlH][CH](C)C.[HH]. The van der Waals surface area contributed by atoms with Crippen molar-refractivity contribution in [3.63, 3.8) is 0 Å². The molecule has 1 heteroatoms. The number of hydrogen-bond acceptors (Lipinski definition) is 0. The highest BCUT2D eigenvalue weighted by Gasteiger charge is 2.01. The third kappa shape index (κ3) is 6.53. The van der Waals surface area contributed by atoms with Crippen molar-refractivity contribution >= 4 is 15.2 Å². The van der Waals surface area contributed by atoms with Crippen molar-refractivity contribution in [2.75, 3.05) is 0 Å². The van der Waals surface area contributed by atoms with Crippen molar-refractivity contribution in [3.8, 4) is 0 Å². The summed E-state index contributed by atoms with van der Waals surface area (Å²) in [7, 11) is 0. The van der Waals surface area contributed by atoms with Gasteiger partial charge >= 0.3 is 0 Å². The molecule has 0 saturated carbocycles. The van der Waals surface area contributed by atoms with Crippen LogP contribution < -0.4 is 0 Å². The Balaban J connectivity index is 0. The Morgan fingerprint density at radius 3 is 1.29 bits per heavy atom. The lowest BCUT2D eigenvalue weighted by molar-refractivity contribution is 0.971. The van der Waals surface area contributed by atoms with Crippen LogP contribution >= 0.6 is 0 Å². The van der Waals surface area contributed by atoms with Crippen LogP contribution in [0.3, 0.4) is 0 Å². The van der Waals surface area contributed by atoms with Gasteiger partial charge in [0.25, 0.3) is 0 Å². The zero-order valence-corrected chi connectivity index (χ0v) is 7.28. The van der Waals surface area contributed by atoms with E-state index in [1.165, 1.54) is 0 Å². The first-order valence-corrected chi connectivity index (χ1v) is 4.76. The molecule has 0 saturated heterocycles. The van der Waals surface area contributed by atoms with Crippen LogP contribution in [-0.2, 0) is 0 Å². The highest BCUT2D eigenvalue weighted by Crippen LogP contribution is 2.07. The predicted octanol–water partition coefficient (Wildman–Crippen LogP) is 2.33. The van der Waals surface area contributed by atoms with E-state index in [1.54, 1.807) is 0 Å². The van der Waals surface area contributed by atoms with Crippen LogP contribution in [0.1, 0.15) is 29.1 Å². The average Bonchev–Trinajstić information content (AvgIpc) is 1.27. The maximum atomic E-state index is 2.33. The van der Waals surface area contributed by atoms with Crippen molar-refractivity contribution < 1.29 is 1.43 Å². The monoisotopic (exact) mass is 116 g/mol. The largest absolute Gasteiger partial charge is 0.243 e. The molecule has 0 N–H and O–H groups in total. The fourth-order valence-electron chi connectivity index (χ4n) is 0.943. The maximum Gasteiger partial charge on any atom is 0.243 e. The Bertz CT molecular complexity index is 37.8. The van der Waals surface area contributed by atoms with Crippen LogP contribution in [0.25, 0.3) is 0 Å². The number of hydrogen-bond donors (Lipinski definition) is 0. The van der Waals surface area contributed by atoms with Crippen LogP contribution in [0, 0.1) is 0 Å². The highest BCUT2D eigenvalue weighted by molar-refractivity contribution is 6.38. The minimum Gasteiger partial charge on any atom is -0.0912 e. The van der Waals surface area contributed by atoms with Crippen LogP contribution in [0.2, 0.25) is 9.56 Å². The molecule has 0 unspecified atom stereocenters. The van der Waals surface area contributed by atoms with Crippen LogP contribution in [0.15, 0.2) is 0 Å². The van der Waals surface area contributed by atoms with Gasteiger partial charge in [-0.2, -0.15) is 0 Å². The van der Waals surface area contributed by atoms with Gasteiger partial charge in [0.05, 0.1) is 0 Å². The van der Waals surface area contributed by atoms with Gasteiger partial charge in [0.1, 0.15) is 0 Å². The van der Waals surface area contributed by atoms with Crippen molar-refractivity contribution in [3.05, 3.63) is 0 Å². The molecule has 0 nitrogen and oxygen atoms in total. The molecule has 0 fully saturated rings. The highest BCUT2D eigenvalue weighted by atomic mass is 27.1. The summed E-state index contributed by atoms with van der Waals surface area (Å²) in [6.45, 7) is 9.30. The van der Waals surface area contributed by atoms with Crippen LogP contribution in [0.4, 0.5) is 0 Å². The van der Waals surface area contributed by atoms with Gasteiger partial charge in [-0.25, -0.2) is 0 Å². The lowest BCUT2D eigenvalue weighted by Gasteiger charge is -2.01. The zero-order chi connectivity index (χ0) is 5.86. The van der Waals surface area contributed by atoms with E-state index in [9.17, 15) is 0 Å². The number of rotatable bonds is 2. The van der Waals surface area contributed by atoms with E-state index in [1.807, 2.05) is 0 Å². The molecule has 0 radical (unpaired) electrons. The van der Waals surface area contributed by atoms with Crippen molar-refractivity contribution in [1.82, 2.24) is 0 Å². The molecule has 0 atom stereocenters. The Hall–Kier alpha value is 0.532. The molecule has 7 heavy (non-hydrogen) atoms. The maximum absolute atomic E-state index is 2.33. The Morgan fingerprint density at radius 2 is 1.29 bits per heavy atom. The molecular weight excluding hydrogens is 99.0 g/mol. The minimum atomic E-state index is 0. The zero-order valence-electron chi connectivity index (χ0n) is 5.86. The van der Waals surface area contributed by atoms with Crippen molar-refractivity contribution in [1.29, 1.82) is 0 Å². The molecule has 0 rings (SSSR count). The lowest BCUT2D eigenvalue weighted by Crippen LogP contribution is -1.98. The van der Waals surface area contributed by atoms with E-state index in [2.05, 4.69) is 27.7 Å². The van der Waals surface area contributed by atoms with Crippen molar-refractivity contribution in [2.24, 2.45) is 0 Å². The molecule has 0 amide bonds. The fraction of sp³-hybridized carbons (Fsp3) is 1.00. The molecule has 0 aromatic rings. The summed E-state index contributed by atoms with van der Waals surface area (Å²) in [5.74, 6) is 0. The Labute approximate surface area is 54.5 Å². The normalized spacial score (nSPS) is 10.6. The quantitative estimate of drug-likeness (QED) is 0.486. The molecule has 0 heterocycles. The predicted molar refractivity (Wildman–Crippen MR) is 39.5 cm³/mol. The topological polar surface area (TPSA) is 0 Å². The lowest BCUT2D eigenvalue weighted by atomic mass is 10.5. The van der Waals surface area contributed by atoms with Gasteiger partial charge in [0.15, 0.2) is 0 Å². The smallest absolute Gasteiger partial charge is 0.0912 e. The first kappa shape index (κ1) is 7.53. The minimum absolute atomic E-state index is 0. The van der Waals surface area contributed by atoms with E-state index in [4.69, 9.17) is 0 Å². The van der Waals surface area contributed by atoms with Gasteiger partial charge < -0.3 is 0 Å². The third-order valence-electron chi connectivity index (χ3n) is 0.943. The third-order valence-corrected chi connectivity index (χ3v) is 2.83. The fourth-order valence-corrected chi connectivity index (χ4v) is 2.83. The summed E-state index contributed by atoms with van der Waals surface area (Å²) in [5, 5.41) is 0. The van der Waals surface area contributed by atoms with Crippen LogP contribution in [0.5, 0.6) is 0 Å². The molecule has 0 spiro atoms. The molecule has 0 aliphatic heterocycles. The van der Waals surface area contributed by atoms with E-state index in [0.29, 0.717) is 0 Å². The summed E-state index contributed by atoms with van der Waals surface area (Å²) >= 11 is 0.281. The van der Waals surface area contributed by atoms with Crippen molar-refractivity contribution in [2.45, 2.75) is 37.3 Å². The van der Waals surface area contributed by atoms with Gasteiger partial charge in [-0.3, -0.25) is 0 Å². The first-order chi connectivity index (χ1) is 3.13. The second-order valence-corrected chi connectivity index (χ2v) is 6.76. The second kappa shape index (κ2) is 3.52. The second-order valence-electron chi connectivity index (χ2n) is 3.02. The van der Waals surface area contributed by atoms with E-state index in [-0.39, 0.29) is 16.6 Å². The summed E-state index contributed by atoms with van der Waals surface area (Å²) in [5.41, 5.74) is 0. The summed E-state index contributed by atoms with van der Waals surface area (Å²) in [6, 6.07) is 0. The van der Waals surface area contributed by atoms with Crippen LogP contribution in [-0.4, -0.2) is 15.2 Å². The molecule has 0 aromatic carbocycles. The Morgan fingerprint density at radius 1 is 1.00 bits per heavy atom. The molecule has 44 valence electrons. The Kier molecular flexibility index (Phi) is 3.79. The van der Waals surface area contributed by atoms with E-state index in [0.717, 1.165) is 9.56 Å². The average molecular weight is 116 g/mol. The standard InChI is InChI=1S/2C3H7.Al.H2.H/c2*1-3-2;;;/h2*3H,1-2H3;;1H;. The molecule has 0 aromatic heterocycles. The molecule has 0 aliphatic carbocycles. The molecular formula is C6H17Al. The summed E-state index contributed by atoms with van der Waals surface area (Å²) < 4.78 is 2.03. The van der Waals surface area contributed by atoms with E-state index >= 15 is 0 Å². The molecule has 0 bridgehead atoms. The van der Waals surface area contributed by atoms with Gasteiger partial charge in [-0.05, 0) is 0 Å². The first-order valence-electron chi connectivity index (χ1n) is 3.13. The summed E-state index contributed by atoms with van der Waals surface area (Å²) in [6.07, 6.45) is 0.